The van der Waals surface area contributed by atoms with Crippen LogP contribution in [-0.4, -0.2) is 15.4 Å². The van der Waals surface area contributed by atoms with Gasteiger partial charge in [-0.1, -0.05) is 5.57 Å². The van der Waals surface area contributed by atoms with Gasteiger partial charge in [0, 0.05) is 25.3 Å². The van der Waals surface area contributed by atoms with Crippen molar-refractivity contribution in [2.75, 3.05) is 5.88 Å². The van der Waals surface area contributed by atoms with Gasteiger partial charge in [0.2, 0.25) is 0 Å². The Labute approximate surface area is 71.5 Å². The number of halogens is 1. The van der Waals surface area contributed by atoms with E-state index in [1.165, 1.54) is 0 Å². The molecule has 1 rings (SSSR count). The monoisotopic (exact) mass is 170 g/mol. The van der Waals surface area contributed by atoms with Crippen molar-refractivity contribution in [3.05, 3.63) is 23.8 Å². The third-order valence-corrected chi connectivity index (χ3v) is 1.87. The van der Waals surface area contributed by atoms with Gasteiger partial charge in [-0.25, -0.2) is 4.98 Å². The Morgan fingerprint density at radius 2 is 2.55 bits per heavy atom. The topological polar surface area (TPSA) is 17.8 Å². The Morgan fingerprint density at radius 1 is 1.82 bits per heavy atom. The Morgan fingerprint density at radius 3 is 3.00 bits per heavy atom. The molecule has 0 aliphatic heterocycles. The molecular weight excluding hydrogens is 160 g/mol. The lowest BCUT2D eigenvalue weighted by Crippen LogP contribution is -1.90. The summed E-state index contributed by atoms with van der Waals surface area (Å²) in [6.45, 7) is 1.99. The first-order chi connectivity index (χ1) is 5.24. The van der Waals surface area contributed by atoms with E-state index in [2.05, 4.69) is 4.98 Å². The van der Waals surface area contributed by atoms with E-state index in [4.69, 9.17) is 11.6 Å². The van der Waals surface area contributed by atoms with Crippen molar-refractivity contribution in [1.29, 1.82) is 0 Å². The molecule has 2 nitrogen and oxygen atoms in total. The number of hydrogen-bond donors (Lipinski definition) is 0. The lowest BCUT2D eigenvalue weighted by atomic mass is 10.3. The standard InChI is InChI=1S/C8H11ClN2/c1-7(6-9)5-8-10-3-4-11(8)2/h3-5H,6H2,1-2H3/b7-5-. The summed E-state index contributed by atoms with van der Waals surface area (Å²) in [5.74, 6) is 1.51. The molecule has 0 N–H and O–H groups in total. The summed E-state index contributed by atoms with van der Waals surface area (Å²) in [6.07, 6.45) is 5.66. The molecule has 0 spiro atoms. The zero-order valence-corrected chi connectivity index (χ0v) is 7.47. The van der Waals surface area contributed by atoms with E-state index in [0.29, 0.717) is 5.88 Å². The molecule has 0 radical (unpaired) electrons. The van der Waals surface area contributed by atoms with Gasteiger partial charge in [-0.3, -0.25) is 0 Å². The molecule has 3 heteroatoms. The first kappa shape index (κ1) is 8.34. The molecule has 0 saturated heterocycles. The highest BCUT2D eigenvalue weighted by molar-refractivity contribution is 6.19. The van der Waals surface area contributed by atoms with Crippen LogP contribution in [0.2, 0.25) is 0 Å². The fourth-order valence-corrected chi connectivity index (χ4v) is 0.852. The largest absolute Gasteiger partial charge is 0.335 e. The highest BCUT2D eigenvalue weighted by Crippen LogP contribution is 2.04. The minimum absolute atomic E-state index is 0.562. The van der Waals surface area contributed by atoms with Gasteiger partial charge in [0.15, 0.2) is 0 Å². The lowest BCUT2D eigenvalue weighted by molar-refractivity contribution is 0.896. The molecule has 0 aromatic carbocycles. The van der Waals surface area contributed by atoms with E-state index in [-0.39, 0.29) is 0 Å². The number of rotatable bonds is 2. The number of nitrogens with zero attached hydrogens (tertiary/aromatic N) is 2. The van der Waals surface area contributed by atoms with Crippen LogP contribution in [0.15, 0.2) is 18.0 Å². The van der Waals surface area contributed by atoms with Gasteiger partial charge in [-0.05, 0) is 13.0 Å². The molecule has 0 saturated carbocycles. The first-order valence-electron chi connectivity index (χ1n) is 3.44. The number of aromatic nitrogens is 2. The molecule has 11 heavy (non-hydrogen) atoms. The quantitative estimate of drug-likeness (QED) is 0.622. The zero-order chi connectivity index (χ0) is 8.27. The molecule has 0 unspecified atom stereocenters. The maximum atomic E-state index is 5.62. The third kappa shape index (κ3) is 2.09. The van der Waals surface area contributed by atoms with E-state index in [1.54, 1.807) is 6.20 Å². The zero-order valence-electron chi connectivity index (χ0n) is 6.71. The van der Waals surface area contributed by atoms with E-state index in [1.807, 2.05) is 30.8 Å². The van der Waals surface area contributed by atoms with Gasteiger partial charge in [-0.2, -0.15) is 0 Å². The van der Waals surface area contributed by atoms with Crippen molar-refractivity contribution >= 4 is 17.7 Å². The molecule has 1 aromatic rings. The summed E-state index contributed by atoms with van der Waals surface area (Å²) < 4.78 is 1.95. The van der Waals surface area contributed by atoms with Crippen LogP contribution in [0, 0.1) is 0 Å². The number of hydrogen-bond acceptors (Lipinski definition) is 1. The second-order valence-electron chi connectivity index (χ2n) is 2.52. The van der Waals surface area contributed by atoms with Crippen LogP contribution in [0.5, 0.6) is 0 Å². The molecule has 0 aliphatic rings. The third-order valence-electron chi connectivity index (χ3n) is 1.44. The summed E-state index contributed by atoms with van der Waals surface area (Å²) in [4.78, 5) is 4.13. The van der Waals surface area contributed by atoms with Gasteiger partial charge in [0.1, 0.15) is 5.82 Å². The Balaban J connectivity index is 2.86. The second-order valence-corrected chi connectivity index (χ2v) is 2.79. The molecule has 0 bridgehead atoms. The number of imidazole rings is 1. The molecule has 60 valence electrons. The molecule has 0 aliphatic carbocycles. The highest BCUT2D eigenvalue weighted by Gasteiger charge is 1.93. The predicted molar refractivity (Wildman–Crippen MR) is 47.6 cm³/mol. The minimum atomic E-state index is 0.562. The maximum Gasteiger partial charge on any atom is 0.132 e. The predicted octanol–water partition coefficient (Wildman–Crippen LogP) is 2.06. The highest BCUT2D eigenvalue weighted by atomic mass is 35.5. The van der Waals surface area contributed by atoms with Crippen LogP contribution in [0.1, 0.15) is 12.7 Å². The van der Waals surface area contributed by atoms with Gasteiger partial charge < -0.3 is 4.57 Å². The van der Waals surface area contributed by atoms with Crippen molar-refractivity contribution < 1.29 is 0 Å². The summed E-state index contributed by atoms with van der Waals surface area (Å²) >= 11 is 5.62. The maximum absolute atomic E-state index is 5.62. The summed E-state index contributed by atoms with van der Waals surface area (Å²) in [5.41, 5.74) is 1.13. The SMILES string of the molecule is C/C(=C/c1nccn1C)CCl. The summed E-state index contributed by atoms with van der Waals surface area (Å²) in [7, 11) is 1.96. The lowest BCUT2D eigenvalue weighted by Gasteiger charge is -1.95. The normalized spacial score (nSPS) is 12.1. The Bertz CT molecular complexity index is 263. The molecule has 0 fully saturated rings. The van der Waals surface area contributed by atoms with Gasteiger partial charge in [0.25, 0.3) is 0 Å². The van der Waals surface area contributed by atoms with Crippen LogP contribution < -0.4 is 0 Å². The van der Waals surface area contributed by atoms with Crippen LogP contribution in [-0.2, 0) is 7.05 Å². The van der Waals surface area contributed by atoms with Gasteiger partial charge in [-0.15, -0.1) is 11.6 Å². The number of allylic oxidation sites excluding steroid dienone is 1. The fourth-order valence-electron chi connectivity index (χ4n) is 0.775. The summed E-state index contributed by atoms with van der Waals surface area (Å²) in [6, 6.07) is 0. The van der Waals surface area contributed by atoms with Crippen molar-refractivity contribution in [3.63, 3.8) is 0 Å². The van der Waals surface area contributed by atoms with E-state index in [0.717, 1.165) is 11.4 Å². The van der Waals surface area contributed by atoms with Crippen molar-refractivity contribution in [1.82, 2.24) is 9.55 Å². The van der Waals surface area contributed by atoms with E-state index < -0.39 is 0 Å². The van der Waals surface area contributed by atoms with E-state index in [9.17, 15) is 0 Å². The number of aryl methyl sites for hydroxylation is 1. The van der Waals surface area contributed by atoms with Crippen LogP contribution in [0.4, 0.5) is 0 Å². The second kappa shape index (κ2) is 3.58. The van der Waals surface area contributed by atoms with Crippen LogP contribution in [0.3, 0.4) is 0 Å². The van der Waals surface area contributed by atoms with E-state index >= 15 is 0 Å². The van der Waals surface area contributed by atoms with Gasteiger partial charge in [0.05, 0.1) is 0 Å². The molecule has 1 heterocycles. The molecule has 0 amide bonds. The van der Waals surface area contributed by atoms with Crippen LogP contribution >= 0.6 is 11.6 Å². The minimum Gasteiger partial charge on any atom is -0.335 e. The Kier molecular flexibility index (Phi) is 2.71. The molecule has 1 aromatic heterocycles. The van der Waals surface area contributed by atoms with Gasteiger partial charge >= 0.3 is 0 Å². The van der Waals surface area contributed by atoms with Crippen molar-refractivity contribution in [3.8, 4) is 0 Å². The Hall–Kier alpha value is -0.760. The van der Waals surface area contributed by atoms with Crippen molar-refractivity contribution in [2.24, 2.45) is 7.05 Å². The molecular formula is C8H11ClN2. The first-order valence-corrected chi connectivity index (χ1v) is 3.98. The average molecular weight is 171 g/mol. The summed E-state index contributed by atoms with van der Waals surface area (Å²) in [5, 5.41) is 0. The smallest absolute Gasteiger partial charge is 0.132 e. The van der Waals surface area contributed by atoms with Crippen LogP contribution in [0.25, 0.3) is 6.08 Å². The molecule has 0 atom stereocenters. The van der Waals surface area contributed by atoms with Crippen molar-refractivity contribution in [2.45, 2.75) is 6.92 Å². The fraction of sp³-hybridized carbons (Fsp3) is 0.375. The number of alkyl halides is 1. The average Bonchev–Trinajstić information content (AvgIpc) is 2.37.